The first-order valence-electron chi connectivity index (χ1n) is 7.91. The zero-order valence-corrected chi connectivity index (χ0v) is 13.6. The van der Waals surface area contributed by atoms with Crippen molar-refractivity contribution in [2.45, 2.75) is 46.5 Å². The summed E-state index contributed by atoms with van der Waals surface area (Å²) >= 11 is 0. The number of hydrogen-bond donors (Lipinski definition) is 0. The van der Waals surface area contributed by atoms with Gasteiger partial charge in [-0.05, 0) is 54.5 Å². The maximum atomic E-state index is 4.55. The average molecular weight is 282 g/mol. The minimum absolute atomic E-state index is 0.459. The van der Waals surface area contributed by atoms with Gasteiger partial charge in [0.15, 0.2) is 0 Å². The molecule has 2 nitrogen and oxygen atoms in total. The molecule has 1 atom stereocenters. The summed E-state index contributed by atoms with van der Waals surface area (Å²) in [6.45, 7) is 9.02. The summed E-state index contributed by atoms with van der Waals surface area (Å²) in [7, 11) is 0. The molecule has 0 N–H and O–H groups in total. The molecule has 0 fully saturated rings. The molecule has 0 saturated carbocycles. The van der Waals surface area contributed by atoms with Crippen LogP contribution in [0.2, 0.25) is 0 Å². The van der Waals surface area contributed by atoms with Gasteiger partial charge < -0.3 is 0 Å². The van der Waals surface area contributed by atoms with Gasteiger partial charge in [-0.25, -0.2) is 0 Å². The smallest absolute Gasteiger partial charge is 0.0440 e. The zero-order valence-electron chi connectivity index (χ0n) is 13.6. The molecule has 0 aliphatic rings. The van der Waals surface area contributed by atoms with Gasteiger partial charge in [0.25, 0.3) is 0 Å². The summed E-state index contributed by atoms with van der Waals surface area (Å²) in [5, 5.41) is 0. The molecule has 0 bridgehead atoms. The Kier molecular flexibility index (Phi) is 5.49. The van der Waals surface area contributed by atoms with Crippen LogP contribution in [0.5, 0.6) is 0 Å². The summed E-state index contributed by atoms with van der Waals surface area (Å²) in [4.78, 5) is 9.04. The van der Waals surface area contributed by atoms with Gasteiger partial charge in [-0.2, -0.15) is 0 Å². The molecule has 0 spiro atoms. The second kappa shape index (κ2) is 7.35. The van der Waals surface area contributed by atoms with E-state index in [-0.39, 0.29) is 0 Å². The Morgan fingerprint density at radius 2 is 1.71 bits per heavy atom. The lowest BCUT2D eigenvalue weighted by Gasteiger charge is -2.20. The minimum Gasteiger partial charge on any atom is -0.261 e. The van der Waals surface area contributed by atoms with Gasteiger partial charge in [-0.1, -0.05) is 33.8 Å². The van der Waals surface area contributed by atoms with Crippen molar-refractivity contribution in [2.24, 2.45) is 11.8 Å². The zero-order chi connectivity index (χ0) is 15.2. The lowest BCUT2D eigenvalue weighted by molar-refractivity contribution is 0.484. The SMILES string of the molecule is CC(C)Cc1cc(CC(c2ccccn2)C(C)C)ccn1. The van der Waals surface area contributed by atoms with Crippen LogP contribution in [0, 0.1) is 11.8 Å². The van der Waals surface area contributed by atoms with E-state index in [9.17, 15) is 0 Å². The Morgan fingerprint density at radius 1 is 0.905 bits per heavy atom. The van der Waals surface area contributed by atoms with Crippen LogP contribution in [-0.4, -0.2) is 9.97 Å². The Balaban J connectivity index is 2.18. The van der Waals surface area contributed by atoms with Crippen molar-refractivity contribution in [3.05, 3.63) is 59.7 Å². The first kappa shape index (κ1) is 15.7. The van der Waals surface area contributed by atoms with E-state index >= 15 is 0 Å². The molecule has 1 unspecified atom stereocenters. The second-order valence-corrected chi connectivity index (χ2v) is 6.56. The molecule has 2 aromatic heterocycles. The minimum atomic E-state index is 0.459. The van der Waals surface area contributed by atoms with Gasteiger partial charge in [0, 0.05) is 29.7 Å². The molecule has 2 rings (SSSR count). The molecule has 2 heteroatoms. The Hall–Kier alpha value is -1.70. The van der Waals surface area contributed by atoms with Crippen LogP contribution in [0.3, 0.4) is 0 Å². The molecule has 0 amide bonds. The molecule has 0 radical (unpaired) electrons. The quantitative estimate of drug-likeness (QED) is 0.770. The second-order valence-electron chi connectivity index (χ2n) is 6.56. The Labute approximate surface area is 128 Å². The van der Waals surface area contributed by atoms with Crippen molar-refractivity contribution in [1.82, 2.24) is 9.97 Å². The van der Waals surface area contributed by atoms with E-state index in [1.54, 1.807) is 0 Å². The summed E-state index contributed by atoms with van der Waals surface area (Å²) in [6, 6.07) is 10.6. The van der Waals surface area contributed by atoms with Crippen LogP contribution in [-0.2, 0) is 12.8 Å². The Bertz CT molecular complexity index is 547. The van der Waals surface area contributed by atoms with Crippen molar-refractivity contribution in [2.75, 3.05) is 0 Å². The summed E-state index contributed by atoms with van der Waals surface area (Å²) in [5.74, 6) is 1.67. The highest BCUT2D eigenvalue weighted by Crippen LogP contribution is 2.27. The molecule has 0 saturated heterocycles. The maximum absolute atomic E-state index is 4.55. The van der Waals surface area contributed by atoms with E-state index in [4.69, 9.17) is 0 Å². The van der Waals surface area contributed by atoms with Crippen molar-refractivity contribution < 1.29 is 0 Å². The molecule has 112 valence electrons. The molecular formula is C19H26N2. The largest absolute Gasteiger partial charge is 0.261 e. The fourth-order valence-electron chi connectivity index (χ4n) is 2.72. The highest BCUT2D eigenvalue weighted by Gasteiger charge is 2.17. The highest BCUT2D eigenvalue weighted by molar-refractivity contribution is 5.21. The van der Waals surface area contributed by atoms with E-state index in [1.807, 2.05) is 18.5 Å². The lowest BCUT2D eigenvalue weighted by Crippen LogP contribution is -2.12. The molecule has 21 heavy (non-hydrogen) atoms. The average Bonchev–Trinajstić information content (AvgIpc) is 2.45. The van der Waals surface area contributed by atoms with Gasteiger partial charge in [0.05, 0.1) is 0 Å². The molecule has 0 aromatic carbocycles. The number of nitrogens with zero attached hydrogens (tertiary/aromatic N) is 2. The maximum Gasteiger partial charge on any atom is 0.0440 e. The fourth-order valence-corrected chi connectivity index (χ4v) is 2.72. The number of hydrogen-bond acceptors (Lipinski definition) is 2. The first-order chi connectivity index (χ1) is 10.1. The number of aromatic nitrogens is 2. The Morgan fingerprint density at radius 3 is 2.33 bits per heavy atom. The van der Waals surface area contributed by atoms with E-state index in [1.165, 1.54) is 17.0 Å². The summed E-state index contributed by atoms with van der Waals surface area (Å²) < 4.78 is 0. The van der Waals surface area contributed by atoms with Gasteiger partial charge >= 0.3 is 0 Å². The van der Waals surface area contributed by atoms with Gasteiger partial charge in [0.1, 0.15) is 0 Å². The van der Waals surface area contributed by atoms with Crippen molar-refractivity contribution in [1.29, 1.82) is 0 Å². The standard InChI is InChI=1S/C19H26N2/c1-14(2)11-17-12-16(8-10-20-17)13-18(15(3)4)19-7-5-6-9-21-19/h5-10,12,14-15,18H,11,13H2,1-4H3. The highest BCUT2D eigenvalue weighted by atomic mass is 14.7. The van der Waals surface area contributed by atoms with Crippen LogP contribution in [0.4, 0.5) is 0 Å². The predicted molar refractivity (Wildman–Crippen MR) is 88.3 cm³/mol. The van der Waals surface area contributed by atoms with E-state index in [2.05, 4.69) is 61.9 Å². The summed E-state index contributed by atoms with van der Waals surface area (Å²) in [6.07, 6.45) is 5.91. The first-order valence-corrected chi connectivity index (χ1v) is 7.91. The number of rotatable bonds is 6. The molecule has 2 aromatic rings. The van der Waals surface area contributed by atoms with E-state index in [0.717, 1.165) is 12.8 Å². The third-order valence-electron chi connectivity index (χ3n) is 3.83. The topological polar surface area (TPSA) is 25.8 Å². The van der Waals surface area contributed by atoms with E-state index < -0.39 is 0 Å². The van der Waals surface area contributed by atoms with Crippen LogP contribution < -0.4 is 0 Å². The molecular weight excluding hydrogens is 256 g/mol. The predicted octanol–water partition coefficient (Wildman–Crippen LogP) is 4.66. The van der Waals surface area contributed by atoms with Crippen molar-refractivity contribution in [3.63, 3.8) is 0 Å². The van der Waals surface area contributed by atoms with E-state index in [0.29, 0.717) is 17.8 Å². The third kappa shape index (κ3) is 4.66. The van der Waals surface area contributed by atoms with Crippen molar-refractivity contribution >= 4 is 0 Å². The fraction of sp³-hybridized carbons (Fsp3) is 0.474. The normalized spacial score (nSPS) is 12.9. The number of pyridine rings is 2. The molecule has 0 aliphatic carbocycles. The molecule has 0 aliphatic heterocycles. The third-order valence-corrected chi connectivity index (χ3v) is 3.83. The van der Waals surface area contributed by atoms with Gasteiger partial charge in [0.2, 0.25) is 0 Å². The van der Waals surface area contributed by atoms with Gasteiger partial charge in [-0.3, -0.25) is 9.97 Å². The lowest BCUT2D eigenvalue weighted by atomic mass is 9.86. The van der Waals surface area contributed by atoms with Crippen LogP contribution in [0.1, 0.15) is 50.6 Å². The monoisotopic (exact) mass is 282 g/mol. The van der Waals surface area contributed by atoms with Crippen LogP contribution in [0.25, 0.3) is 0 Å². The van der Waals surface area contributed by atoms with Crippen LogP contribution in [0.15, 0.2) is 42.7 Å². The molecule has 2 heterocycles. The van der Waals surface area contributed by atoms with Gasteiger partial charge in [-0.15, -0.1) is 0 Å². The van der Waals surface area contributed by atoms with Crippen molar-refractivity contribution in [3.8, 4) is 0 Å². The van der Waals surface area contributed by atoms with Crippen LogP contribution >= 0.6 is 0 Å². The summed E-state index contributed by atoms with van der Waals surface area (Å²) in [5.41, 5.74) is 3.76.